The first-order valence-corrected chi connectivity index (χ1v) is 11.3. The number of nitrogens with two attached hydrogens (primary N) is 1. The summed E-state index contributed by atoms with van der Waals surface area (Å²) in [6.07, 6.45) is -4.66. The van der Waals surface area contributed by atoms with Crippen LogP contribution in [0.4, 0.5) is 29.2 Å². The van der Waals surface area contributed by atoms with Crippen molar-refractivity contribution in [2.24, 2.45) is 5.14 Å². The second-order valence-corrected chi connectivity index (χ2v) is 9.41. The van der Waals surface area contributed by atoms with Crippen LogP contribution in [0.15, 0.2) is 36.4 Å². The molecule has 0 saturated carbocycles. The highest BCUT2D eigenvalue weighted by Gasteiger charge is 2.45. The fourth-order valence-corrected chi connectivity index (χ4v) is 4.72. The molecule has 4 rings (SSSR count). The third-order valence-corrected chi connectivity index (χ3v) is 6.56. The van der Waals surface area contributed by atoms with E-state index < -0.39 is 33.9 Å². The van der Waals surface area contributed by atoms with Gasteiger partial charge >= 0.3 is 6.18 Å². The van der Waals surface area contributed by atoms with Crippen molar-refractivity contribution >= 4 is 27.5 Å². The predicted molar refractivity (Wildman–Crippen MR) is 114 cm³/mol. The Balaban J connectivity index is 1.67. The summed E-state index contributed by atoms with van der Waals surface area (Å²) in [7, 11) is -0.654. The summed E-state index contributed by atoms with van der Waals surface area (Å²) in [5.74, 6) is -0.139. The summed E-state index contributed by atoms with van der Waals surface area (Å²) in [6, 6.07) is 7.37. The van der Waals surface area contributed by atoms with E-state index in [1.54, 1.807) is 31.1 Å². The minimum atomic E-state index is -4.66. The fourth-order valence-electron chi connectivity index (χ4n) is 3.75. The van der Waals surface area contributed by atoms with Gasteiger partial charge in [0.25, 0.3) is 10.2 Å². The third kappa shape index (κ3) is 4.58. The van der Waals surface area contributed by atoms with Crippen LogP contribution < -0.4 is 15.4 Å². The van der Waals surface area contributed by atoms with Crippen molar-refractivity contribution < 1.29 is 26.0 Å². The Morgan fingerprint density at radius 2 is 1.88 bits per heavy atom. The van der Waals surface area contributed by atoms with Crippen molar-refractivity contribution in [2.75, 3.05) is 37.4 Å². The first-order chi connectivity index (χ1) is 15.3. The Labute approximate surface area is 187 Å². The number of benzene rings is 1. The topological polar surface area (TPSA) is 109 Å². The number of aromatic nitrogens is 3. The minimum absolute atomic E-state index is 0.0195. The molecule has 0 aliphatic carbocycles. The van der Waals surface area contributed by atoms with Gasteiger partial charge in [-0.2, -0.15) is 35.5 Å². The van der Waals surface area contributed by atoms with Gasteiger partial charge in [0.05, 0.1) is 6.04 Å². The molecule has 14 heteroatoms. The summed E-state index contributed by atoms with van der Waals surface area (Å²) >= 11 is 0. The lowest BCUT2D eigenvalue weighted by atomic mass is 9.85. The molecule has 1 aliphatic rings. The molecule has 0 bridgehead atoms. The maximum absolute atomic E-state index is 13.3. The number of nitrogens with one attached hydrogen (secondary N) is 1. The van der Waals surface area contributed by atoms with Gasteiger partial charge in [-0.05, 0) is 17.7 Å². The molecule has 2 unspecified atom stereocenters. The van der Waals surface area contributed by atoms with Crippen molar-refractivity contribution in [1.82, 2.24) is 18.9 Å². The summed E-state index contributed by atoms with van der Waals surface area (Å²) in [5.41, 5.74) is -0.411. The molecule has 3 aromatic rings. The molecule has 1 saturated heterocycles. The second kappa shape index (κ2) is 8.11. The number of hydrogen-bond donors (Lipinski definition) is 2. The molecular formula is C19H21F4N7O2S. The van der Waals surface area contributed by atoms with Gasteiger partial charge in [-0.25, -0.2) is 14.5 Å². The monoisotopic (exact) mass is 487 g/mol. The van der Waals surface area contributed by atoms with E-state index in [0.717, 1.165) is 20.5 Å². The Kier molecular flexibility index (Phi) is 5.70. The van der Waals surface area contributed by atoms with E-state index in [2.05, 4.69) is 15.4 Å². The lowest BCUT2D eigenvalue weighted by Crippen LogP contribution is -2.61. The quantitative estimate of drug-likeness (QED) is 0.515. The number of nitrogens with zero attached hydrogens (tertiary/aromatic N) is 5. The molecule has 2 aromatic heterocycles. The maximum atomic E-state index is 13.3. The van der Waals surface area contributed by atoms with Crippen molar-refractivity contribution in [2.45, 2.75) is 18.1 Å². The lowest BCUT2D eigenvalue weighted by molar-refractivity contribution is -0.141. The number of rotatable bonds is 6. The molecule has 2 atom stereocenters. The largest absolute Gasteiger partial charge is 0.435 e. The first-order valence-electron chi connectivity index (χ1n) is 9.79. The zero-order valence-corrected chi connectivity index (χ0v) is 18.4. The second-order valence-electron chi connectivity index (χ2n) is 7.91. The predicted octanol–water partition coefficient (Wildman–Crippen LogP) is 2.04. The van der Waals surface area contributed by atoms with Crippen LogP contribution in [0.3, 0.4) is 0 Å². The highest BCUT2D eigenvalue weighted by molar-refractivity contribution is 7.86. The van der Waals surface area contributed by atoms with Crippen LogP contribution in [0.1, 0.15) is 17.2 Å². The summed E-state index contributed by atoms with van der Waals surface area (Å²) in [4.78, 5) is 5.80. The number of alkyl halides is 3. The smallest absolute Gasteiger partial charge is 0.368 e. The van der Waals surface area contributed by atoms with Gasteiger partial charge in [0.1, 0.15) is 17.5 Å². The van der Waals surface area contributed by atoms with Gasteiger partial charge in [0.15, 0.2) is 11.3 Å². The van der Waals surface area contributed by atoms with Crippen molar-refractivity contribution in [1.29, 1.82) is 0 Å². The standard InChI is InChI=1S/C19H21F4N7O2S/c1-28(2)17-8-16(30-18(26-17)7-15(27-30)19(21,22)23)25-9-14-13(10-29(14)33(24,31)32)11-3-5-12(20)6-4-11/h3-8,13-14,25H,9-10H2,1-2H3,(H2,24,31,32). The van der Waals surface area contributed by atoms with Crippen LogP contribution >= 0.6 is 0 Å². The van der Waals surface area contributed by atoms with Gasteiger partial charge in [-0.15, -0.1) is 0 Å². The van der Waals surface area contributed by atoms with E-state index in [-0.39, 0.29) is 30.5 Å². The highest BCUT2D eigenvalue weighted by Crippen LogP contribution is 2.36. The van der Waals surface area contributed by atoms with E-state index in [9.17, 15) is 26.0 Å². The zero-order chi connectivity index (χ0) is 24.1. The van der Waals surface area contributed by atoms with Crippen molar-refractivity contribution in [3.05, 3.63) is 53.5 Å². The van der Waals surface area contributed by atoms with Gasteiger partial charge in [0.2, 0.25) is 0 Å². The molecule has 1 fully saturated rings. The van der Waals surface area contributed by atoms with Crippen LogP contribution in [0, 0.1) is 5.82 Å². The van der Waals surface area contributed by atoms with Crippen LogP contribution in [0.25, 0.3) is 5.65 Å². The SMILES string of the molecule is CN(C)c1cc(NCC2C(c3ccc(F)cc3)CN2S(N)(=O)=O)n2nc(C(F)(F)F)cc2n1. The van der Waals surface area contributed by atoms with E-state index >= 15 is 0 Å². The molecular weight excluding hydrogens is 466 g/mol. The molecule has 33 heavy (non-hydrogen) atoms. The minimum Gasteiger partial charge on any atom is -0.368 e. The van der Waals surface area contributed by atoms with Crippen LogP contribution in [-0.2, 0) is 16.4 Å². The van der Waals surface area contributed by atoms with Gasteiger partial charge < -0.3 is 10.2 Å². The Morgan fingerprint density at radius 1 is 1.21 bits per heavy atom. The summed E-state index contributed by atoms with van der Waals surface area (Å²) in [5, 5.41) is 11.9. The molecule has 0 amide bonds. The molecule has 9 nitrogen and oxygen atoms in total. The molecule has 178 valence electrons. The van der Waals surface area contributed by atoms with Crippen LogP contribution in [-0.4, -0.2) is 60.5 Å². The average molecular weight is 487 g/mol. The molecule has 3 N–H and O–H groups in total. The fraction of sp³-hybridized carbons (Fsp3) is 0.368. The average Bonchev–Trinajstić information content (AvgIpc) is 3.12. The lowest BCUT2D eigenvalue weighted by Gasteiger charge is -2.46. The zero-order valence-electron chi connectivity index (χ0n) is 17.6. The van der Waals surface area contributed by atoms with E-state index in [0.29, 0.717) is 5.82 Å². The van der Waals surface area contributed by atoms with Crippen LogP contribution in [0.2, 0.25) is 0 Å². The Morgan fingerprint density at radius 3 is 2.45 bits per heavy atom. The third-order valence-electron chi connectivity index (χ3n) is 5.49. The van der Waals surface area contributed by atoms with Crippen molar-refractivity contribution in [3.63, 3.8) is 0 Å². The van der Waals surface area contributed by atoms with Gasteiger partial charge in [-0.1, -0.05) is 12.1 Å². The molecule has 0 radical (unpaired) electrons. The van der Waals surface area contributed by atoms with E-state index in [1.165, 1.54) is 18.2 Å². The van der Waals surface area contributed by atoms with E-state index in [1.807, 2.05) is 0 Å². The maximum Gasteiger partial charge on any atom is 0.435 e. The number of halogens is 4. The van der Waals surface area contributed by atoms with Crippen molar-refractivity contribution in [3.8, 4) is 0 Å². The molecule has 3 heterocycles. The first kappa shape index (κ1) is 23.2. The molecule has 1 aliphatic heterocycles. The van der Waals surface area contributed by atoms with Crippen LogP contribution in [0.5, 0.6) is 0 Å². The highest BCUT2D eigenvalue weighted by atomic mass is 32.2. The summed E-state index contributed by atoms with van der Waals surface area (Å²) in [6.45, 7) is 0.122. The number of hydrogen-bond acceptors (Lipinski definition) is 6. The normalized spacial score (nSPS) is 19.5. The Hall–Kier alpha value is -2.97. The van der Waals surface area contributed by atoms with Gasteiger partial charge in [-0.3, -0.25) is 0 Å². The molecule has 0 spiro atoms. The summed E-state index contributed by atoms with van der Waals surface area (Å²) < 4.78 is 79.0. The van der Waals surface area contributed by atoms with E-state index in [4.69, 9.17) is 5.14 Å². The number of anilines is 2. The molecule has 1 aromatic carbocycles. The Bertz CT molecular complexity index is 1280. The number of fused-ring (bicyclic) bond motifs is 1. The van der Waals surface area contributed by atoms with Gasteiger partial charge in [0, 0.05) is 45.2 Å².